The summed E-state index contributed by atoms with van der Waals surface area (Å²) >= 11 is 1.81. The van der Waals surface area contributed by atoms with Crippen LogP contribution in [-0.2, 0) is 5.41 Å². The number of thiazole rings is 1. The van der Waals surface area contributed by atoms with E-state index >= 15 is 0 Å². The minimum Gasteiger partial charge on any atom is -0.330 e. The van der Waals surface area contributed by atoms with Crippen molar-refractivity contribution in [3.05, 3.63) is 28.8 Å². The number of aromatic nitrogens is 1. The van der Waals surface area contributed by atoms with E-state index < -0.39 is 0 Å². The molecule has 98 valence electrons. The Morgan fingerprint density at radius 1 is 1.33 bits per heavy atom. The van der Waals surface area contributed by atoms with Gasteiger partial charge in [0.2, 0.25) is 0 Å². The number of hydrogen-bond donors (Lipinski definition) is 1. The second-order valence-electron chi connectivity index (χ2n) is 5.97. The first-order valence-corrected chi connectivity index (χ1v) is 7.34. The topological polar surface area (TPSA) is 38.9 Å². The first-order valence-electron chi connectivity index (χ1n) is 6.53. The molecule has 0 aliphatic heterocycles. The maximum absolute atomic E-state index is 5.63. The lowest BCUT2D eigenvalue weighted by atomic mass is 9.97. The van der Waals surface area contributed by atoms with Crippen LogP contribution in [0.4, 0.5) is 0 Å². The lowest BCUT2D eigenvalue weighted by Gasteiger charge is -2.13. The van der Waals surface area contributed by atoms with Crippen molar-refractivity contribution in [2.45, 2.75) is 45.4 Å². The summed E-state index contributed by atoms with van der Waals surface area (Å²) in [4.78, 5) is 4.72. The van der Waals surface area contributed by atoms with Gasteiger partial charge in [0, 0.05) is 5.41 Å². The van der Waals surface area contributed by atoms with Gasteiger partial charge in [-0.3, -0.25) is 0 Å². The van der Waals surface area contributed by atoms with Crippen LogP contribution in [0.2, 0.25) is 0 Å². The van der Waals surface area contributed by atoms with E-state index in [0.29, 0.717) is 5.92 Å². The lowest BCUT2D eigenvalue weighted by molar-refractivity contribution is 0.587. The van der Waals surface area contributed by atoms with Gasteiger partial charge in [-0.05, 0) is 36.6 Å². The molecule has 2 aromatic rings. The summed E-state index contributed by atoms with van der Waals surface area (Å²) in [6.07, 6.45) is 1.04. The molecule has 1 aromatic heterocycles. The fourth-order valence-corrected chi connectivity index (χ4v) is 3.06. The third-order valence-corrected chi connectivity index (χ3v) is 4.67. The van der Waals surface area contributed by atoms with Crippen LogP contribution in [0.25, 0.3) is 10.2 Å². The second-order valence-corrected chi connectivity index (χ2v) is 7.01. The van der Waals surface area contributed by atoms with Gasteiger partial charge in [-0.25, -0.2) is 4.98 Å². The van der Waals surface area contributed by atoms with Crippen molar-refractivity contribution in [3.8, 4) is 0 Å². The van der Waals surface area contributed by atoms with Gasteiger partial charge >= 0.3 is 0 Å². The first kappa shape index (κ1) is 13.5. The van der Waals surface area contributed by atoms with Crippen LogP contribution in [-0.4, -0.2) is 11.5 Å². The van der Waals surface area contributed by atoms with Gasteiger partial charge in [-0.2, -0.15) is 0 Å². The molecular formula is C15H22N2S. The minimum absolute atomic E-state index is 0.132. The lowest BCUT2D eigenvalue weighted by Crippen LogP contribution is -2.09. The quantitative estimate of drug-likeness (QED) is 0.906. The van der Waals surface area contributed by atoms with Gasteiger partial charge in [0.1, 0.15) is 0 Å². The molecule has 0 saturated carbocycles. The SMILES string of the molecule is CC(CCN)c1ccc2nc(C(C)(C)C)sc2c1. The molecule has 0 radical (unpaired) electrons. The van der Waals surface area contributed by atoms with Crippen LogP contribution < -0.4 is 5.73 Å². The van der Waals surface area contributed by atoms with E-state index in [1.54, 1.807) is 0 Å². The predicted octanol–water partition coefficient (Wildman–Crippen LogP) is 4.05. The van der Waals surface area contributed by atoms with Gasteiger partial charge in [0.05, 0.1) is 15.2 Å². The summed E-state index contributed by atoms with van der Waals surface area (Å²) in [6, 6.07) is 6.61. The predicted molar refractivity (Wildman–Crippen MR) is 80.4 cm³/mol. The van der Waals surface area contributed by atoms with Crippen molar-refractivity contribution in [1.82, 2.24) is 4.98 Å². The Kier molecular flexibility index (Phi) is 3.74. The number of benzene rings is 1. The summed E-state index contributed by atoms with van der Waals surface area (Å²) in [5.41, 5.74) is 8.25. The van der Waals surface area contributed by atoms with Gasteiger partial charge < -0.3 is 5.73 Å². The monoisotopic (exact) mass is 262 g/mol. The van der Waals surface area contributed by atoms with Gasteiger partial charge in [-0.1, -0.05) is 33.8 Å². The Labute approximate surface area is 113 Å². The smallest absolute Gasteiger partial charge is 0.0992 e. The van der Waals surface area contributed by atoms with Gasteiger partial charge in [0.15, 0.2) is 0 Å². The van der Waals surface area contributed by atoms with Crippen molar-refractivity contribution in [3.63, 3.8) is 0 Å². The fraction of sp³-hybridized carbons (Fsp3) is 0.533. The number of hydrogen-bond acceptors (Lipinski definition) is 3. The Bertz CT molecular complexity index is 537. The van der Waals surface area contributed by atoms with Crippen molar-refractivity contribution < 1.29 is 0 Å². The van der Waals surface area contributed by atoms with E-state index in [1.807, 2.05) is 11.3 Å². The van der Waals surface area contributed by atoms with Crippen LogP contribution in [0.15, 0.2) is 18.2 Å². The van der Waals surface area contributed by atoms with Crippen LogP contribution >= 0.6 is 11.3 Å². The van der Waals surface area contributed by atoms with E-state index in [-0.39, 0.29) is 5.41 Å². The first-order chi connectivity index (χ1) is 8.41. The molecule has 3 heteroatoms. The van der Waals surface area contributed by atoms with Crippen LogP contribution in [0.3, 0.4) is 0 Å². The molecule has 0 amide bonds. The molecule has 0 fully saturated rings. The highest BCUT2D eigenvalue weighted by atomic mass is 32.1. The maximum Gasteiger partial charge on any atom is 0.0992 e. The van der Waals surface area contributed by atoms with E-state index in [2.05, 4.69) is 45.9 Å². The zero-order valence-electron chi connectivity index (χ0n) is 11.7. The number of nitrogens with zero attached hydrogens (tertiary/aromatic N) is 1. The molecule has 2 N–H and O–H groups in total. The molecule has 2 rings (SSSR count). The number of rotatable bonds is 3. The molecular weight excluding hydrogens is 240 g/mol. The largest absolute Gasteiger partial charge is 0.330 e. The van der Waals surface area contributed by atoms with Crippen LogP contribution in [0.5, 0.6) is 0 Å². The molecule has 2 nitrogen and oxygen atoms in total. The Morgan fingerprint density at radius 3 is 2.67 bits per heavy atom. The minimum atomic E-state index is 0.132. The van der Waals surface area contributed by atoms with E-state index in [9.17, 15) is 0 Å². The van der Waals surface area contributed by atoms with Crippen molar-refractivity contribution >= 4 is 21.6 Å². The summed E-state index contributed by atoms with van der Waals surface area (Å²) in [6.45, 7) is 9.61. The molecule has 18 heavy (non-hydrogen) atoms. The van der Waals surface area contributed by atoms with Crippen molar-refractivity contribution in [1.29, 1.82) is 0 Å². The van der Waals surface area contributed by atoms with E-state index in [0.717, 1.165) is 18.5 Å². The van der Waals surface area contributed by atoms with E-state index in [4.69, 9.17) is 10.7 Å². The average molecular weight is 262 g/mol. The number of fused-ring (bicyclic) bond motifs is 1. The Hall–Kier alpha value is -0.930. The summed E-state index contributed by atoms with van der Waals surface area (Å²) in [5.74, 6) is 0.527. The Balaban J connectivity index is 2.40. The Morgan fingerprint density at radius 2 is 2.06 bits per heavy atom. The molecule has 0 aliphatic rings. The molecule has 1 unspecified atom stereocenters. The molecule has 0 saturated heterocycles. The van der Waals surface area contributed by atoms with Gasteiger partial charge in [-0.15, -0.1) is 11.3 Å². The second kappa shape index (κ2) is 4.98. The van der Waals surface area contributed by atoms with Crippen LogP contribution in [0, 0.1) is 0 Å². The molecule has 0 spiro atoms. The standard InChI is InChI=1S/C15H22N2S/c1-10(7-8-16)11-5-6-12-13(9-11)18-14(17-12)15(2,3)4/h5-6,9-10H,7-8,16H2,1-4H3. The highest BCUT2D eigenvalue weighted by Gasteiger charge is 2.19. The van der Waals surface area contributed by atoms with Gasteiger partial charge in [0.25, 0.3) is 0 Å². The highest BCUT2D eigenvalue weighted by molar-refractivity contribution is 7.18. The molecule has 1 heterocycles. The molecule has 1 atom stereocenters. The fourth-order valence-electron chi connectivity index (χ4n) is 1.99. The third kappa shape index (κ3) is 2.73. The normalized spacial score (nSPS) is 14.1. The third-order valence-electron chi connectivity index (χ3n) is 3.22. The van der Waals surface area contributed by atoms with Crippen LogP contribution in [0.1, 0.15) is 50.6 Å². The highest BCUT2D eigenvalue weighted by Crippen LogP contribution is 2.33. The zero-order chi connectivity index (χ0) is 13.3. The van der Waals surface area contributed by atoms with E-state index in [1.165, 1.54) is 15.3 Å². The summed E-state index contributed by atoms with van der Waals surface area (Å²) < 4.78 is 1.29. The zero-order valence-corrected chi connectivity index (χ0v) is 12.5. The summed E-state index contributed by atoms with van der Waals surface area (Å²) in [5, 5.41) is 1.21. The average Bonchev–Trinajstić information content (AvgIpc) is 2.71. The molecule has 0 bridgehead atoms. The summed E-state index contributed by atoms with van der Waals surface area (Å²) in [7, 11) is 0. The molecule has 1 aromatic carbocycles. The molecule has 0 aliphatic carbocycles. The van der Waals surface area contributed by atoms with Crippen molar-refractivity contribution in [2.75, 3.05) is 6.54 Å². The van der Waals surface area contributed by atoms with Crippen molar-refractivity contribution in [2.24, 2.45) is 5.73 Å². The number of nitrogens with two attached hydrogens (primary N) is 1. The maximum atomic E-state index is 5.63.